The third kappa shape index (κ3) is 5.50. The van der Waals surface area contributed by atoms with Crippen LogP contribution in [0.3, 0.4) is 0 Å². The number of quaternary nitrogens is 1. The van der Waals surface area contributed by atoms with Crippen LogP contribution in [0.5, 0.6) is 0 Å². The van der Waals surface area contributed by atoms with E-state index in [0.717, 1.165) is 55.0 Å². The number of thiophene rings is 1. The molecule has 0 spiro atoms. The molecule has 0 radical (unpaired) electrons. The third-order valence-electron chi connectivity index (χ3n) is 6.37. The summed E-state index contributed by atoms with van der Waals surface area (Å²) in [5.41, 5.74) is 4.11. The lowest BCUT2D eigenvalue weighted by Gasteiger charge is -2.38. The Morgan fingerprint density at radius 2 is 1.68 bits per heavy atom. The fourth-order valence-electron chi connectivity index (χ4n) is 3.80. The molecule has 164 valence electrons. The molecule has 7 heteroatoms. The summed E-state index contributed by atoms with van der Waals surface area (Å²) in [5, 5.41) is 27.7. The molecule has 1 aromatic heterocycles. The molecule has 1 heterocycles. The third-order valence-corrected chi connectivity index (χ3v) is 7.45. The summed E-state index contributed by atoms with van der Waals surface area (Å²) in [6.07, 6.45) is 0. The minimum atomic E-state index is 0.432. The number of anilines is 1. The smallest absolute Gasteiger partial charge is 0.158 e. The summed E-state index contributed by atoms with van der Waals surface area (Å²) in [5.74, 6) is 0. The molecular weight excluding hydrogens is 404 g/mol. The maximum Gasteiger partial charge on any atom is 0.158 e. The van der Waals surface area contributed by atoms with E-state index in [4.69, 9.17) is 0 Å². The summed E-state index contributed by atoms with van der Waals surface area (Å²) < 4.78 is 1.13. The van der Waals surface area contributed by atoms with Gasteiger partial charge in [-0.3, -0.25) is 0 Å². The normalized spacial score (nSPS) is 11.5. The van der Waals surface area contributed by atoms with E-state index in [9.17, 15) is 10.5 Å². The van der Waals surface area contributed by atoms with Crippen LogP contribution in [-0.2, 0) is 0 Å². The first-order valence-electron chi connectivity index (χ1n) is 10.9. The second-order valence-electron chi connectivity index (χ2n) is 7.72. The van der Waals surface area contributed by atoms with E-state index in [-0.39, 0.29) is 0 Å². The summed E-state index contributed by atoms with van der Waals surface area (Å²) >= 11 is 1.21. The highest BCUT2D eigenvalue weighted by Crippen LogP contribution is 2.36. The van der Waals surface area contributed by atoms with Crippen molar-refractivity contribution in [1.82, 2.24) is 0 Å². The van der Waals surface area contributed by atoms with Crippen LogP contribution in [0, 0.1) is 36.5 Å². The second-order valence-corrected chi connectivity index (χ2v) is 8.72. The van der Waals surface area contributed by atoms with Crippen molar-refractivity contribution >= 4 is 27.7 Å². The van der Waals surface area contributed by atoms with E-state index in [1.54, 1.807) is 6.92 Å². The fraction of sp³-hybridized carbons (Fsp3) is 0.500. The molecule has 0 aliphatic heterocycles. The molecule has 0 fully saturated rings. The molecule has 2 rings (SSSR count). The number of hydrogen-bond donors (Lipinski definition) is 0. The molecule has 0 amide bonds. The molecule has 0 bridgehead atoms. The lowest BCUT2D eigenvalue weighted by atomic mass is 10.1. The molecule has 0 aliphatic carbocycles. The Balaban J connectivity index is 2.22. The number of likely N-dealkylation sites (N-methyl/N-ethyl adjacent to an activating group) is 2. The molecule has 6 nitrogen and oxygen atoms in total. The summed E-state index contributed by atoms with van der Waals surface area (Å²) in [6.45, 7) is 19.4. The first-order chi connectivity index (χ1) is 14.9. The molecule has 2 aromatic rings. The van der Waals surface area contributed by atoms with Crippen LogP contribution in [0.25, 0.3) is 0 Å². The average Bonchev–Trinajstić information content (AvgIpc) is 3.11. The van der Waals surface area contributed by atoms with Gasteiger partial charge in [0.2, 0.25) is 0 Å². The Kier molecular flexibility index (Phi) is 8.74. The van der Waals surface area contributed by atoms with Crippen LogP contribution in [-0.4, -0.2) is 43.8 Å². The van der Waals surface area contributed by atoms with Gasteiger partial charge in [-0.25, -0.2) is 0 Å². The summed E-state index contributed by atoms with van der Waals surface area (Å²) in [6, 6.07) is 10.5. The van der Waals surface area contributed by atoms with Crippen molar-refractivity contribution in [2.45, 2.75) is 41.5 Å². The van der Waals surface area contributed by atoms with E-state index in [1.165, 1.54) is 17.0 Å². The van der Waals surface area contributed by atoms with Crippen molar-refractivity contribution in [2.24, 2.45) is 10.2 Å². The van der Waals surface area contributed by atoms with Gasteiger partial charge in [-0.15, -0.1) is 21.6 Å². The minimum Gasteiger partial charge on any atom is -0.366 e. The van der Waals surface area contributed by atoms with Gasteiger partial charge in [-0.1, -0.05) is 0 Å². The zero-order valence-corrected chi connectivity index (χ0v) is 20.4. The van der Waals surface area contributed by atoms with E-state index >= 15 is 0 Å². The van der Waals surface area contributed by atoms with Crippen LogP contribution in [0.2, 0.25) is 0 Å². The van der Waals surface area contributed by atoms with Gasteiger partial charge in [0.1, 0.15) is 17.0 Å². The van der Waals surface area contributed by atoms with Gasteiger partial charge >= 0.3 is 0 Å². The lowest BCUT2D eigenvalue weighted by molar-refractivity contribution is -0.921. The molecule has 0 atom stereocenters. The molecule has 1 aromatic carbocycles. The summed E-state index contributed by atoms with van der Waals surface area (Å²) in [7, 11) is 0. The van der Waals surface area contributed by atoms with Gasteiger partial charge < -0.3 is 9.38 Å². The number of aryl methyl sites for hydroxylation is 1. The second kappa shape index (κ2) is 11.0. The van der Waals surface area contributed by atoms with Crippen molar-refractivity contribution in [3.8, 4) is 12.1 Å². The summed E-state index contributed by atoms with van der Waals surface area (Å²) in [4.78, 5) is 2.93. The van der Waals surface area contributed by atoms with Crippen LogP contribution >= 0.6 is 11.3 Å². The van der Waals surface area contributed by atoms with Gasteiger partial charge in [0.05, 0.1) is 44.0 Å². The zero-order chi connectivity index (χ0) is 23.0. The molecule has 0 N–H and O–H groups in total. The average molecular weight is 438 g/mol. The SMILES string of the molecule is CCN(CC[N+](CC)(CC)CC)c1ccc(/N=N/c2sc(C#N)c(C)c2C#N)c(C)c1. The Morgan fingerprint density at radius 1 is 1.00 bits per heavy atom. The van der Waals surface area contributed by atoms with Gasteiger partial charge in [0.25, 0.3) is 0 Å². The van der Waals surface area contributed by atoms with Gasteiger partial charge in [-0.05, 0) is 70.9 Å². The highest BCUT2D eigenvalue weighted by molar-refractivity contribution is 7.16. The molecule has 0 saturated carbocycles. The van der Waals surface area contributed by atoms with Crippen molar-refractivity contribution in [3.63, 3.8) is 0 Å². The highest BCUT2D eigenvalue weighted by Gasteiger charge is 2.22. The monoisotopic (exact) mass is 437 g/mol. The van der Waals surface area contributed by atoms with E-state index in [2.05, 4.69) is 67.1 Å². The standard InChI is InChI=1S/C24H33N6S/c1-7-29(13-14-30(8-2,9-3)10-4)20-11-12-22(18(5)15-20)27-28-24-21(16-25)19(6)23(17-26)31-24/h11-12,15H,7-10,13-14H2,1-6H3/q+1/b28-27+. The molecule has 0 aliphatic rings. The molecule has 0 saturated heterocycles. The van der Waals surface area contributed by atoms with Gasteiger partial charge in [0.15, 0.2) is 5.00 Å². The number of hydrogen-bond acceptors (Lipinski definition) is 6. The van der Waals surface area contributed by atoms with Crippen molar-refractivity contribution in [3.05, 3.63) is 39.8 Å². The molecule has 0 unspecified atom stereocenters. The van der Waals surface area contributed by atoms with Gasteiger partial charge in [-0.2, -0.15) is 10.5 Å². The maximum atomic E-state index is 9.38. The lowest BCUT2D eigenvalue weighted by Crippen LogP contribution is -2.51. The van der Waals surface area contributed by atoms with Gasteiger partial charge in [0, 0.05) is 12.2 Å². The van der Waals surface area contributed by atoms with E-state index in [1.807, 2.05) is 13.0 Å². The Bertz CT molecular complexity index is 996. The molecule has 31 heavy (non-hydrogen) atoms. The highest BCUT2D eigenvalue weighted by atomic mass is 32.1. The topological polar surface area (TPSA) is 75.5 Å². The zero-order valence-electron chi connectivity index (χ0n) is 19.6. The number of nitrogens with zero attached hydrogens (tertiary/aromatic N) is 6. The number of nitriles is 2. The number of benzene rings is 1. The number of rotatable bonds is 10. The van der Waals surface area contributed by atoms with Crippen molar-refractivity contribution in [1.29, 1.82) is 10.5 Å². The fourth-order valence-corrected chi connectivity index (χ4v) is 4.68. The van der Waals surface area contributed by atoms with Crippen LogP contribution in [0.1, 0.15) is 49.3 Å². The minimum absolute atomic E-state index is 0.432. The van der Waals surface area contributed by atoms with E-state index in [0.29, 0.717) is 21.0 Å². The van der Waals surface area contributed by atoms with Crippen LogP contribution in [0.4, 0.5) is 16.4 Å². The first-order valence-corrected chi connectivity index (χ1v) is 11.8. The Morgan fingerprint density at radius 3 is 2.19 bits per heavy atom. The number of azo groups is 1. The Hall–Kier alpha value is -2.74. The maximum absolute atomic E-state index is 9.38. The first kappa shape index (κ1) is 24.5. The predicted molar refractivity (Wildman–Crippen MR) is 128 cm³/mol. The molecular formula is C24H33N6S+. The van der Waals surface area contributed by atoms with Crippen LogP contribution < -0.4 is 4.90 Å². The van der Waals surface area contributed by atoms with Crippen LogP contribution in [0.15, 0.2) is 28.4 Å². The van der Waals surface area contributed by atoms with Crippen molar-refractivity contribution in [2.75, 3.05) is 44.2 Å². The predicted octanol–water partition coefficient (Wildman–Crippen LogP) is 6.23. The quantitative estimate of drug-likeness (QED) is 0.327. The van der Waals surface area contributed by atoms with Crippen molar-refractivity contribution < 1.29 is 4.48 Å². The van der Waals surface area contributed by atoms with E-state index < -0.39 is 0 Å². The largest absolute Gasteiger partial charge is 0.366 e. The Labute approximate surface area is 190 Å².